The van der Waals surface area contributed by atoms with Gasteiger partial charge >= 0.3 is 0 Å². The lowest BCUT2D eigenvalue weighted by Gasteiger charge is -2.14. The molecule has 0 bridgehead atoms. The zero-order valence-electron chi connectivity index (χ0n) is 12.6. The molecule has 110 valence electrons. The zero-order chi connectivity index (χ0) is 15.1. The molecule has 0 saturated heterocycles. The molecule has 2 rings (SSSR count). The fourth-order valence-electron chi connectivity index (χ4n) is 2.23. The maximum atomic E-state index is 6.01. The van der Waals surface area contributed by atoms with Crippen molar-refractivity contribution in [3.05, 3.63) is 59.4 Å². The molecule has 0 aliphatic carbocycles. The number of nitrogens with one attached hydrogen (secondary N) is 1. The van der Waals surface area contributed by atoms with Crippen LogP contribution in [0.15, 0.2) is 47.6 Å². The van der Waals surface area contributed by atoms with Crippen LogP contribution in [0.4, 0.5) is 5.69 Å². The molecule has 0 aliphatic rings. The molecule has 2 aromatic rings. The Morgan fingerprint density at radius 3 is 2.38 bits per heavy atom. The zero-order valence-corrected chi connectivity index (χ0v) is 12.6. The Morgan fingerprint density at radius 1 is 1.10 bits per heavy atom. The number of aliphatic imine (C=N–C) groups is 1. The monoisotopic (exact) mass is 282 g/mol. The fourth-order valence-corrected chi connectivity index (χ4v) is 2.23. The van der Waals surface area contributed by atoms with Gasteiger partial charge in [0, 0.05) is 11.9 Å². The van der Waals surface area contributed by atoms with Crippen molar-refractivity contribution in [1.82, 2.24) is 4.98 Å². The number of rotatable bonds is 5. The average molecular weight is 282 g/mol. The van der Waals surface area contributed by atoms with Gasteiger partial charge in [0.25, 0.3) is 0 Å². The molecule has 0 aliphatic heterocycles. The quantitative estimate of drug-likeness (QED) is 0.654. The van der Waals surface area contributed by atoms with Gasteiger partial charge in [-0.3, -0.25) is 4.98 Å². The first-order valence-electron chi connectivity index (χ1n) is 7.32. The fraction of sp³-hybridized carbons (Fsp3) is 0.294. The maximum Gasteiger partial charge on any atom is 0.193 e. The average Bonchev–Trinajstić information content (AvgIpc) is 2.54. The molecule has 4 heteroatoms. The summed E-state index contributed by atoms with van der Waals surface area (Å²) in [5, 5.41) is 3.25. The third kappa shape index (κ3) is 4.05. The molecule has 4 nitrogen and oxygen atoms in total. The summed E-state index contributed by atoms with van der Waals surface area (Å²) in [7, 11) is 0. The smallest absolute Gasteiger partial charge is 0.193 e. The number of hydrogen-bond donors (Lipinski definition) is 2. The molecule has 21 heavy (non-hydrogen) atoms. The molecule has 3 N–H and O–H groups in total. The minimum atomic E-state index is 0.427. The second-order valence-corrected chi connectivity index (χ2v) is 4.81. The van der Waals surface area contributed by atoms with Gasteiger partial charge in [-0.2, -0.15) is 0 Å². The van der Waals surface area contributed by atoms with Crippen molar-refractivity contribution in [2.45, 2.75) is 33.2 Å². The second-order valence-electron chi connectivity index (χ2n) is 4.81. The van der Waals surface area contributed by atoms with E-state index in [1.165, 1.54) is 11.1 Å². The van der Waals surface area contributed by atoms with E-state index < -0.39 is 0 Å². The van der Waals surface area contributed by atoms with E-state index in [-0.39, 0.29) is 0 Å². The lowest BCUT2D eigenvalue weighted by Crippen LogP contribution is -2.24. The van der Waals surface area contributed by atoms with Gasteiger partial charge in [-0.15, -0.1) is 0 Å². The number of benzene rings is 1. The molecule has 0 amide bonds. The van der Waals surface area contributed by atoms with Crippen molar-refractivity contribution in [2.24, 2.45) is 10.7 Å². The van der Waals surface area contributed by atoms with Crippen molar-refractivity contribution in [2.75, 3.05) is 5.32 Å². The Balaban J connectivity index is 2.13. The van der Waals surface area contributed by atoms with Gasteiger partial charge in [0.1, 0.15) is 0 Å². The van der Waals surface area contributed by atoms with Gasteiger partial charge in [-0.25, -0.2) is 4.99 Å². The van der Waals surface area contributed by atoms with E-state index in [0.717, 1.165) is 24.2 Å². The molecule has 1 aromatic carbocycles. The molecule has 0 unspecified atom stereocenters. The minimum absolute atomic E-state index is 0.427. The first kappa shape index (κ1) is 15.0. The highest BCUT2D eigenvalue weighted by atomic mass is 15.1. The minimum Gasteiger partial charge on any atom is -0.370 e. The number of pyridine rings is 1. The normalized spacial score (nSPS) is 11.4. The van der Waals surface area contributed by atoms with Crippen LogP contribution in [0.1, 0.15) is 30.7 Å². The number of guanidine groups is 1. The Hall–Kier alpha value is -2.36. The van der Waals surface area contributed by atoms with Crippen molar-refractivity contribution < 1.29 is 0 Å². The summed E-state index contributed by atoms with van der Waals surface area (Å²) in [6.45, 7) is 4.76. The van der Waals surface area contributed by atoms with Gasteiger partial charge in [-0.1, -0.05) is 38.1 Å². The third-order valence-electron chi connectivity index (χ3n) is 3.39. The summed E-state index contributed by atoms with van der Waals surface area (Å²) in [6.07, 6.45) is 3.68. The van der Waals surface area contributed by atoms with Crippen LogP contribution in [0.3, 0.4) is 0 Å². The van der Waals surface area contributed by atoms with Gasteiger partial charge in [0.2, 0.25) is 0 Å². The molecule has 1 aromatic heterocycles. The van der Waals surface area contributed by atoms with Crippen LogP contribution in [-0.2, 0) is 19.4 Å². The summed E-state index contributed by atoms with van der Waals surface area (Å²) in [5.74, 6) is 0.427. The second kappa shape index (κ2) is 7.43. The largest absolute Gasteiger partial charge is 0.370 e. The standard InChI is InChI=1S/C17H22N4/c1-3-13-8-7-9-14(4-2)16(13)21-17(18)20-12-15-10-5-6-11-19-15/h5-11H,3-4,12H2,1-2H3,(H3,18,20,21). The van der Waals surface area contributed by atoms with Crippen LogP contribution in [0.25, 0.3) is 0 Å². The number of anilines is 1. The topological polar surface area (TPSA) is 63.3 Å². The van der Waals surface area contributed by atoms with Crippen LogP contribution in [0.5, 0.6) is 0 Å². The van der Waals surface area contributed by atoms with Crippen LogP contribution < -0.4 is 11.1 Å². The van der Waals surface area contributed by atoms with E-state index in [1.807, 2.05) is 18.2 Å². The first-order chi connectivity index (χ1) is 10.2. The van der Waals surface area contributed by atoms with Crippen molar-refractivity contribution in [3.8, 4) is 0 Å². The van der Waals surface area contributed by atoms with Gasteiger partial charge < -0.3 is 11.1 Å². The highest BCUT2D eigenvalue weighted by Crippen LogP contribution is 2.22. The Morgan fingerprint density at radius 2 is 1.81 bits per heavy atom. The van der Waals surface area contributed by atoms with Crippen molar-refractivity contribution >= 4 is 11.6 Å². The van der Waals surface area contributed by atoms with E-state index in [9.17, 15) is 0 Å². The molecule has 1 heterocycles. The van der Waals surface area contributed by atoms with Crippen LogP contribution >= 0.6 is 0 Å². The van der Waals surface area contributed by atoms with Gasteiger partial charge in [0.15, 0.2) is 5.96 Å². The summed E-state index contributed by atoms with van der Waals surface area (Å²) < 4.78 is 0. The predicted molar refractivity (Wildman–Crippen MR) is 88.4 cm³/mol. The van der Waals surface area contributed by atoms with Crippen LogP contribution in [0, 0.1) is 0 Å². The number of para-hydroxylation sites is 1. The van der Waals surface area contributed by atoms with Gasteiger partial charge in [0.05, 0.1) is 12.2 Å². The van der Waals surface area contributed by atoms with E-state index >= 15 is 0 Å². The summed E-state index contributed by atoms with van der Waals surface area (Å²) in [5.41, 5.74) is 10.5. The SMILES string of the molecule is CCc1cccc(CC)c1NC(N)=NCc1ccccn1. The van der Waals surface area contributed by atoms with E-state index in [4.69, 9.17) is 5.73 Å². The third-order valence-corrected chi connectivity index (χ3v) is 3.39. The first-order valence-corrected chi connectivity index (χ1v) is 7.32. The summed E-state index contributed by atoms with van der Waals surface area (Å²) in [6, 6.07) is 12.1. The molecular formula is C17H22N4. The number of nitrogens with two attached hydrogens (primary N) is 1. The lowest BCUT2D eigenvalue weighted by atomic mass is 10.0. The number of aryl methyl sites for hydroxylation is 2. The Kier molecular flexibility index (Phi) is 5.32. The van der Waals surface area contributed by atoms with Crippen molar-refractivity contribution in [3.63, 3.8) is 0 Å². The van der Waals surface area contributed by atoms with E-state index in [1.54, 1.807) is 6.20 Å². The van der Waals surface area contributed by atoms with Crippen LogP contribution in [0.2, 0.25) is 0 Å². The number of aromatic nitrogens is 1. The van der Waals surface area contributed by atoms with E-state index in [0.29, 0.717) is 12.5 Å². The summed E-state index contributed by atoms with van der Waals surface area (Å²) in [4.78, 5) is 8.60. The molecular weight excluding hydrogens is 260 g/mol. The molecule has 0 fully saturated rings. The lowest BCUT2D eigenvalue weighted by molar-refractivity contribution is 0.984. The van der Waals surface area contributed by atoms with E-state index in [2.05, 4.69) is 47.3 Å². The molecule has 0 radical (unpaired) electrons. The molecule has 0 spiro atoms. The Labute approximate surface area is 126 Å². The number of hydrogen-bond acceptors (Lipinski definition) is 2. The maximum absolute atomic E-state index is 6.01. The molecule has 0 atom stereocenters. The van der Waals surface area contributed by atoms with Crippen LogP contribution in [-0.4, -0.2) is 10.9 Å². The summed E-state index contributed by atoms with van der Waals surface area (Å²) >= 11 is 0. The Bertz CT molecular complexity index is 583. The highest BCUT2D eigenvalue weighted by molar-refractivity contribution is 5.93. The predicted octanol–water partition coefficient (Wildman–Crippen LogP) is 3.13. The van der Waals surface area contributed by atoms with Gasteiger partial charge in [-0.05, 0) is 36.1 Å². The molecule has 0 saturated carbocycles. The number of nitrogens with zero attached hydrogens (tertiary/aromatic N) is 2. The highest BCUT2D eigenvalue weighted by Gasteiger charge is 2.06. The van der Waals surface area contributed by atoms with Crippen molar-refractivity contribution in [1.29, 1.82) is 0 Å².